The summed E-state index contributed by atoms with van der Waals surface area (Å²) in [7, 11) is -3.70. The predicted octanol–water partition coefficient (Wildman–Crippen LogP) is 5.12. The standard InChI is InChI=1S/C25H21NO4S/c27-25(28)24-8-4-3-6-20(24)12-9-18-10-14-22(15-11-18)26-31(29,30)23-16-13-19-5-1-2-7-21(19)17-23/h1-8,10-11,13-17,26H,9,12H2,(H,27,28). The molecule has 0 fully saturated rings. The SMILES string of the molecule is O=C(O)c1ccccc1CCc1ccc(NS(=O)(=O)c2ccc3ccccc3c2)cc1. The summed E-state index contributed by atoms with van der Waals surface area (Å²) in [6.07, 6.45) is 1.24. The number of carboxylic acids is 1. The van der Waals surface area contributed by atoms with Crippen LogP contribution in [0.5, 0.6) is 0 Å². The van der Waals surface area contributed by atoms with Gasteiger partial charge in [0.15, 0.2) is 0 Å². The zero-order chi connectivity index (χ0) is 21.8. The molecule has 0 saturated carbocycles. The van der Waals surface area contributed by atoms with E-state index in [2.05, 4.69) is 4.72 Å². The number of anilines is 1. The van der Waals surface area contributed by atoms with Gasteiger partial charge in [-0.3, -0.25) is 4.72 Å². The van der Waals surface area contributed by atoms with Gasteiger partial charge in [0.2, 0.25) is 0 Å². The van der Waals surface area contributed by atoms with Gasteiger partial charge in [-0.2, -0.15) is 0 Å². The fourth-order valence-corrected chi connectivity index (χ4v) is 4.61. The van der Waals surface area contributed by atoms with Crippen molar-refractivity contribution in [2.75, 3.05) is 4.72 Å². The average Bonchev–Trinajstić information content (AvgIpc) is 2.78. The summed E-state index contributed by atoms with van der Waals surface area (Å²) in [6, 6.07) is 26.7. The number of sulfonamides is 1. The number of aryl methyl sites for hydroxylation is 2. The molecule has 0 heterocycles. The number of carbonyl (C=O) groups is 1. The maximum Gasteiger partial charge on any atom is 0.335 e. The highest BCUT2D eigenvalue weighted by atomic mass is 32.2. The van der Waals surface area contributed by atoms with E-state index in [4.69, 9.17) is 0 Å². The fraction of sp³-hybridized carbons (Fsp3) is 0.0800. The van der Waals surface area contributed by atoms with Crippen molar-refractivity contribution in [2.24, 2.45) is 0 Å². The Labute approximate surface area is 181 Å². The van der Waals surface area contributed by atoms with Gasteiger partial charge in [-0.1, -0.05) is 60.7 Å². The third-order valence-electron chi connectivity index (χ3n) is 5.17. The first kappa shape index (κ1) is 20.6. The Morgan fingerprint density at radius 1 is 0.774 bits per heavy atom. The highest BCUT2D eigenvalue weighted by Gasteiger charge is 2.15. The van der Waals surface area contributed by atoms with Gasteiger partial charge in [-0.05, 0) is 65.1 Å². The van der Waals surface area contributed by atoms with Crippen LogP contribution in [0.1, 0.15) is 21.5 Å². The molecular weight excluding hydrogens is 410 g/mol. The van der Waals surface area contributed by atoms with E-state index in [1.807, 2.05) is 48.5 Å². The van der Waals surface area contributed by atoms with Crippen LogP contribution < -0.4 is 4.72 Å². The summed E-state index contributed by atoms with van der Waals surface area (Å²) in [6.45, 7) is 0. The maximum atomic E-state index is 12.8. The molecular formula is C25H21NO4S. The number of carboxylic acid groups (broad SMARTS) is 1. The lowest BCUT2D eigenvalue weighted by Gasteiger charge is -2.10. The monoisotopic (exact) mass is 431 g/mol. The van der Waals surface area contributed by atoms with Crippen molar-refractivity contribution < 1.29 is 18.3 Å². The minimum absolute atomic E-state index is 0.209. The number of benzene rings is 4. The van der Waals surface area contributed by atoms with Gasteiger partial charge in [-0.15, -0.1) is 0 Å². The second-order valence-corrected chi connectivity index (χ2v) is 8.96. The third kappa shape index (κ3) is 4.75. The molecule has 0 saturated heterocycles. The molecule has 2 N–H and O–H groups in total. The molecule has 156 valence electrons. The maximum absolute atomic E-state index is 12.8. The lowest BCUT2D eigenvalue weighted by Crippen LogP contribution is -2.12. The van der Waals surface area contributed by atoms with Crippen LogP contribution >= 0.6 is 0 Å². The van der Waals surface area contributed by atoms with E-state index in [9.17, 15) is 18.3 Å². The van der Waals surface area contributed by atoms with Crippen molar-refractivity contribution in [1.82, 2.24) is 0 Å². The first-order valence-corrected chi connectivity index (χ1v) is 11.3. The summed E-state index contributed by atoms with van der Waals surface area (Å²) >= 11 is 0. The van der Waals surface area contributed by atoms with E-state index >= 15 is 0 Å². The van der Waals surface area contributed by atoms with E-state index < -0.39 is 16.0 Å². The van der Waals surface area contributed by atoms with Crippen LogP contribution in [0.25, 0.3) is 10.8 Å². The lowest BCUT2D eigenvalue weighted by molar-refractivity contribution is 0.0695. The quantitative estimate of drug-likeness (QED) is 0.425. The second kappa shape index (κ2) is 8.62. The van der Waals surface area contributed by atoms with E-state index in [1.54, 1.807) is 42.5 Å². The van der Waals surface area contributed by atoms with Crippen LogP contribution in [0.3, 0.4) is 0 Å². The molecule has 0 aliphatic carbocycles. The van der Waals surface area contributed by atoms with E-state index in [-0.39, 0.29) is 4.90 Å². The highest BCUT2D eigenvalue weighted by molar-refractivity contribution is 7.92. The van der Waals surface area contributed by atoms with Gasteiger partial charge in [0.05, 0.1) is 10.5 Å². The molecule has 0 unspecified atom stereocenters. The first-order valence-electron chi connectivity index (χ1n) is 9.84. The molecule has 0 aliphatic heterocycles. The zero-order valence-corrected chi connectivity index (χ0v) is 17.5. The molecule has 0 amide bonds. The van der Waals surface area contributed by atoms with Crippen molar-refractivity contribution in [2.45, 2.75) is 17.7 Å². The molecule has 4 aromatic carbocycles. The number of hydrogen-bond donors (Lipinski definition) is 2. The van der Waals surface area contributed by atoms with Crippen LogP contribution in [0.2, 0.25) is 0 Å². The fourth-order valence-electron chi connectivity index (χ4n) is 3.51. The minimum Gasteiger partial charge on any atom is -0.478 e. The Morgan fingerprint density at radius 2 is 1.45 bits per heavy atom. The molecule has 0 aromatic heterocycles. The largest absolute Gasteiger partial charge is 0.478 e. The summed E-state index contributed by atoms with van der Waals surface area (Å²) in [4.78, 5) is 11.5. The topological polar surface area (TPSA) is 83.5 Å². The van der Waals surface area contributed by atoms with Crippen molar-refractivity contribution in [3.8, 4) is 0 Å². The van der Waals surface area contributed by atoms with Crippen molar-refractivity contribution in [3.63, 3.8) is 0 Å². The second-order valence-electron chi connectivity index (χ2n) is 7.27. The smallest absolute Gasteiger partial charge is 0.335 e. The van der Waals surface area contributed by atoms with E-state index in [0.717, 1.165) is 21.9 Å². The van der Waals surface area contributed by atoms with E-state index in [0.29, 0.717) is 24.1 Å². The summed E-state index contributed by atoms with van der Waals surface area (Å²) < 4.78 is 28.2. The summed E-state index contributed by atoms with van der Waals surface area (Å²) in [5.74, 6) is -0.936. The normalized spacial score (nSPS) is 11.4. The Kier molecular flexibility index (Phi) is 5.73. The van der Waals surface area contributed by atoms with Gasteiger partial charge in [-0.25, -0.2) is 13.2 Å². The summed E-state index contributed by atoms with van der Waals surface area (Å²) in [5, 5.41) is 11.1. The molecule has 0 spiro atoms. The van der Waals surface area contributed by atoms with Crippen LogP contribution in [-0.4, -0.2) is 19.5 Å². The lowest BCUT2D eigenvalue weighted by atomic mass is 10.00. The van der Waals surface area contributed by atoms with Gasteiger partial charge in [0, 0.05) is 5.69 Å². The van der Waals surface area contributed by atoms with Crippen LogP contribution in [-0.2, 0) is 22.9 Å². The van der Waals surface area contributed by atoms with Crippen molar-refractivity contribution in [1.29, 1.82) is 0 Å². The molecule has 4 rings (SSSR count). The average molecular weight is 432 g/mol. The minimum atomic E-state index is -3.70. The molecule has 0 radical (unpaired) electrons. The van der Waals surface area contributed by atoms with Gasteiger partial charge >= 0.3 is 5.97 Å². The van der Waals surface area contributed by atoms with Crippen LogP contribution in [0.4, 0.5) is 5.69 Å². The number of rotatable bonds is 7. The Morgan fingerprint density at radius 3 is 2.19 bits per heavy atom. The molecule has 31 heavy (non-hydrogen) atoms. The van der Waals surface area contributed by atoms with Crippen LogP contribution in [0, 0.1) is 0 Å². The Hall–Kier alpha value is -3.64. The molecule has 4 aromatic rings. The summed E-state index contributed by atoms with van der Waals surface area (Å²) in [5.41, 5.74) is 2.55. The van der Waals surface area contributed by atoms with E-state index in [1.165, 1.54) is 0 Å². The first-order chi connectivity index (χ1) is 14.9. The van der Waals surface area contributed by atoms with Gasteiger partial charge in [0.1, 0.15) is 0 Å². The molecule has 0 atom stereocenters. The van der Waals surface area contributed by atoms with Gasteiger partial charge < -0.3 is 5.11 Å². The molecule has 0 bridgehead atoms. The molecule has 5 nitrogen and oxygen atoms in total. The third-order valence-corrected chi connectivity index (χ3v) is 6.55. The van der Waals surface area contributed by atoms with Gasteiger partial charge in [0.25, 0.3) is 10.0 Å². The number of hydrogen-bond acceptors (Lipinski definition) is 3. The highest BCUT2D eigenvalue weighted by Crippen LogP contribution is 2.22. The van der Waals surface area contributed by atoms with Crippen molar-refractivity contribution in [3.05, 3.63) is 108 Å². The van der Waals surface area contributed by atoms with Crippen LogP contribution in [0.15, 0.2) is 95.9 Å². The molecule has 6 heteroatoms. The van der Waals surface area contributed by atoms with Crippen molar-refractivity contribution >= 4 is 32.5 Å². The number of aromatic carboxylic acids is 1. The number of nitrogens with one attached hydrogen (secondary N) is 1. The Bertz CT molecular complexity index is 1350. The molecule has 0 aliphatic rings. The predicted molar refractivity (Wildman–Crippen MR) is 122 cm³/mol. The zero-order valence-electron chi connectivity index (χ0n) is 16.7. The number of fused-ring (bicyclic) bond motifs is 1. The Balaban J connectivity index is 1.46.